The highest BCUT2D eigenvalue weighted by Gasteiger charge is 2.23. The molecule has 1 unspecified atom stereocenters. The van der Waals surface area contributed by atoms with E-state index in [2.05, 4.69) is 39.1 Å². The second kappa shape index (κ2) is 8.48. The molecule has 2 fully saturated rings. The van der Waals surface area contributed by atoms with Crippen LogP contribution in [0.5, 0.6) is 0 Å². The van der Waals surface area contributed by atoms with Crippen LogP contribution in [0.1, 0.15) is 25.5 Å². The average molecular weight is 334 g/mol. The van der Waals surface area contributed by atoms with E-state index >= 15 is 0 Å². The Morgan fingerprint density at radius 2 is 2.17 bits per heavy atom. The summed E-state index contributed by atoms with van der Waals surface area (Å²) in [6.45, 7) is 10.1. The van der Waals surface area contributed by atoms with Crippen LogP contribution in [0.2, 0.25) is 0 Å². The molecule has 0 aliphatic carbocycles. The van der Waals surface area contributed by atoms with Gasteiger partial charge in [-0.25, -0.2) is 0 Å². The van der Waals surface area contributed by atoms with E-state index in [1.165, 1.54) is 19.4 Å². The van der Waals surface area contributed by atoms with E-state index in [0.29, 0.717) is 6.04 Å². The largest absolute Gasteiger partial charge is 0.364 e. The lowest BCUT2D eigenvalue weighted by atomic mass is 10.2. The van der Waals surface area contributed by atoms with Crippen molar-refractivity contribution in [3.05, 3.63) is 18.0 Å². The second-order valence-electron chi connectivity index (χ2n) is 6.73. The van der Waals surface area contributed by atoms with Gasteiger partial charge in [-0.15, -0.1) is 0 Å². The summed E-state index contributed by atoms with van der Waals surface area (Å²) < 4.78 is 4.92. The SMILES string of the molecule is CCNC(=NCC1CCCN1C)N1CCN(Cc2ccon2)CC1. The molecule has 0 radical (unpaired) electrons. The highest BCUT2D eigenvalue weighted by Crippen LogP contribution is 2.15. The molecule has 2 aliphatic heterocycles. The number of rotatable bonds is 5. The molecule has 24 heavy (non-hydrogen) atoms. The first-order valence-corrected chi connectivity index (χ1v) is 9.11. The molecule has 134 valence electrons. The second-order valence-corrected chi connectivity index (χ2v) is 6.73. The van der Waals surface area contributed by atoms with Crippen LogP contribution in [-0.4, -0.2) is 84.7 Å². The fourth-order valence-corrected chi connectivity index (χ4v) is 3.49. The molecule has 1 aromatic rings. The smallest absolute Gasteiger partial charge is 0.194 e. The van der Waals surface area contributed by atoms with Gasteiger partial charge in [0.25, 0.3) is 0 Å². The van der Waals surface area contributed by atoms with E-state index in [9.17, 15) is 0 Å². The lowest BCUT2D eigenvalue weighted by Gasteiger charge is -2.36. The number of nitrogens with one attached hydrogen (secondary N) is 1. The van der Waals surface area contributed by atoms with Crippen molar-refractivity contribution in [2.24, 2.45) is 4.99 Å². The minimum atomic E-state index is 0.604. The lowest BCUT2D eigenvalue weighted by molar-refractivity contribution is 0.168. The molecule has 0 saturated carbocycles. The lowest BCUT2D eigenvalue weighted by Crippen LogP contribution is -2.52. The summed E-state index contributed by atoms with van der Waals surface area (Å²) in [4.78, 5) is 12.2. The standard InChI is InChI=1S/C17H30N6O/c1-3-18-17(19-13-16-5-4-7-21(16)2)23-10-8-22(9-11-23)14-15-6-12-24-20-15/h6,12,16H,3-5,7-11,13-14H2,1-2H3,(H,18,19). The predicted octanol–water partition coefficient (Wildman–Crippen LogP) is 0.852. The van der Waals surface area contributed by atoms with Crippen LogP contribution in [0, 0.1) is 0 Å². The van der Waals surface area contributed by atoms with E-state index in [-0.39, 0.29) is 0 Å². The Morgan fingerprint density at radius 1 is 1.33 bits per heavy atom. The zero-order valence-corrected chi connectivity index (χ0v) is 14.9. The van der Waals surface area contributed by atoms with Crippen molar-refractivity contribution in [3.63, 3.8) is 0 Å². The minimum Gasteiger partial charge on any atom is -0.364 e. The van der Waals surface area contributed by atoms with Crippen LogP contribution < -0.4 is 5.32 Å². The third-order valence-corrected chi connectivity index (χ3v) is 5.01. The van der Waals surface area contributed by atoms with Crippen LogP contribution in [0.3, 0.4) is 0 Å². The van der Waals surface area contributed by atoms with Crippen LogP contribution in [-0.2, 0) is 6.54 Å². The number of aromatic nitrogens is 1. The van der Waals surface area contributed by atoms with Crippen molar-refractivity contribution in [2.75, 3.05) is 52.9 Å². The van der Waals surface area contributed by atoms with Gasteiger partial charge >= 0.3 is 0 Å². The molecular weight excluding hydrogens is 304 g/mol. The number of nitrogens with zero attached hydrogens (tertiary/aromatic N) is 5. The Kier molecular flexibility index (Phi) is 6.09. The Labute approximate surface area is 144 Å². The maximum absolute atomic E-state index is 4.92. The van der Waals surface area contributed by atoms with Gasteiger partial charge in [-0.2, -0.15) is 0 Å². The Hall–Kier alpha value is -1.60. The summed E-state index contributed by atoms with van der Waals surface area (Å²) in [5, 5.41) is 7.47. The number of hydrogen-bond donors (Lipinski definition) is 1. The van der Waals surface area contributed by atoms with Crippen LogP contribution in [0.15, 0.2) is 21.8 Å². The quantitative estimate of drug-likeness (QED) is 0.636. The van der Waals surface area contributed by atoms with E-state index < -0.39 is 0 Å². The molecule has 0 amide bonds. The van der Waals surface area contributed by atoms with Crippen molar-refractivity contribution in [3.8, 4) is 0 Å². The first kappa shape index (κ1) is 17.2. The topological polar surface area (TPSA) is 60.1 Å². The van der Waals surface area contributed by atoms with Crippen molar-refractivity contribution in [1.29, 1.82) is 0 Å². The molecule has 0 aromatic carbocycles. The number of piperazine rings is 1. The molecule has 3 rings (SSSR count). The molecule has 0 spiro atoms. The highest BCUT2D eigenvalue weighted by atomic mass is 16.5. The average Bonchev–Trinajstić information content (AvgIpc) is 3.24. The Morgan fingerprint density at radius 3 is 2.79 bits per heavy atom. The van der Waals surface area contributed by atoms with E-state index in [0.717, 1.165) is 57.5 Å². The summed E-state index contributed by atoms with van der Waals surface area (Å²) in [5.41, 5.74) is 1.01. The van der Waals surface area contributed by atoms with E-state index in [4.69, 9.17) is 9.52 Å². The summed E-state index contributed by atoms with van der Waals surface area (Å²) >= 11 is 0. The van der Waals surface area contributed by atoms with Gasteiger partial charge in [-0.3, -0.25) is 9.89 Å². The summed E-state index contributed by atoms with van der Waals surface area (Å²) in [7, 11) is 2.21. The number of likely N-dealkylation sites (N-methyl/N-ethyl adjacent to an activating group) is 1. The molecule has 1 N–H and O–H groups in total. The highest BCUT2D eigenvalue weighted by molar-refractivity contribution is 5.80. The van der Waals surface area contributed by atoms with Gasteiger partial charge < -0.3 is 19.6 Å². The minimum absolute atomic E-state index is 0.604. The maximum Gasteiger partial charge on any atom is 0.194 e. The zero-order valence-electron chi connectivity index (χ0n) is 14.9. The molecule has 2 aliphatic rings. The van der Waals surface area contributed by atoms with Gasteiger partial charge in [0.1, 0.15) is 6.26 Å². The van der Waals surface area contributed by atoms with E-state index in [1.54, 1.807) is 6.26 Å². The number of hydrogen-bond acceptors (Lipinski definition) is 5. The molecular formula is C17H30N6O. The molecule has 1 aromatic heterocycles. The fourth-order valence-electron chi connectivity index (χ4n) is 3.49. The summed E-state index contributed by atoms with van der Waals surface area (Å²) in [6.07, 6.45) is 4.21. The molecule has 7 nitrogen and oxygen atoms in total. The Bertz CT molecular complexity index is 509. The van der Waals surface area contributed by atoms with Gasteiger partial charge in [-0.05, 0) is 33.4 Å². The van der Waals surface area contributed by atoms with Crippen LogP contribution in [0.4, 0.5) is 0 Å². The van der Waals surface area contributed by atoms with Gasteiger partial charge in [-0.1, -0.05) is 5.16 Å². The maximum atomic E-state index is 4.92. The molecule has 2 saturated heterocycles. The molecule has 1 atom stereocenters. The van der Waals surface area contributed by atoms with Gasteiger partial charge in [0.15, 0.2) is 5.96 Å². The summed E-state index contributed by atoms with van der Waals surface area (Å²) in [6, 6.07) is 2.54. The van der Waals surface area contributed by atoms with Gasteiger partial charge in [0.05, 0.1) is 12.2 Å². The van der Waals surface area contributed by atoms with E-state index in [1.807, 2.05) is 6.07 Å². The molecule has 0 bridgehead atoms. The molecule has 7 heteroatoms. The number of guanidine groups is 1. The predicted molar refractivity (Wildman–Crippen MR) is 95.0 cm³/mol. The third kappa shape index (κ3) is 4.48. The van der Waals surface area contributed by atoms with Gasteiger partial charge in [0, 0.05) is 51.4 Å². The first-order valence-electron chi connectivity index (χ1n) is 9.11. The van der Waals surface area contributed by atoms with Crippen molar-refractivity contribution in [2.45, 2.75) is 32.4 Å². The van der Waals surface area contributed by atoms with Crippen molar-refractivity contribution in [1.82, 2.24) is 25.2 Å². The normalized spacial score (nSPS) is 23.8. The monoisotopic (exact) mass is 334 g/mol. The fraction of sp³-hybridized carbons (Fsp3) is 0.765. The van der Waals surface area contributed by atoms with Crippen LogP contribution in [0.25, 0.3) is 0 Å². The summed E-state index contributed by atoms with van der Waals surface area (Å²) in [5.74, 6) is 1.07. The number of likely N-dealkylation sites (tertiary alicyclic amines) is 1. The van der Waals surface area contributed by atoms with Crippen LogP contribution >= 0.6 is 0 Å². The third-order valence-electron chi connectivity index (χ3n) is 5.01. The Balaban J connectivity index is 1.51. The zero-order chi connectivity index (χ0) is 16.8. The first-order chi connectivity index (χ1) is 11.8. The molecule has 3 heterocycles. The van der Waals surface area contributed by atoms with Crippen molar-refractivity contribution >= 4 is 5.96 Å². The number of aliphatic imine (C=N–C) groups is 1. The van der Waals surface area contributed by atoms with Crippen molar-refractivity contribution < 1.29 is 4.52 Å². The van der Waals surface area contributed by atoms with Gasteiger partial charge in [0.2, 0.25) is 0 Å².